The van der Waals surface area contributed by atoms with Crippen LogP contribution in [0.15, 0.2) is 34.5 Å². The normalized spacial score (nSPS) is 11.3. The number of hydrogen-bond acceptors (Lipinski definition) is 4. The van der Waals surface area contributed by atoms with Crippen molar-refractivity contribution < 1.29 is 17.2 Å². The molecule has 0 saturated carbocycles. The van der Waals surface area contributed by atoms with Crippen molar-refractivity contribution >= 4 is 44.3 Å². The first kappa shape index (κ1) is 14.8. The van der Waals surface area contributed by atoms with E-state index < -0.39 is 27.3 Å². The molecule has 106 valence electrons. The second-order valence-electron chi connectivity index (χ2n) is 3.71. The summed E-state index contributed by atoms with van der Waals surface area (Å²) in [5.41, 5.74) is 4.92. The van der Waals surface area contributed by atoms with E-state index in [9.17, 15) is 17.2 Å². The van der Waals surface area contributed by atoms with Crippen LogP contribution in [0.1, 0.15) is 4.88 Å². The maximum atomic E-state index is 13.4. The summed E-state index contributed by atoms with van der Waals surface area (Å²) in [7, 11) is -4.02. The Morgan fingerprint density at radius 3 is 2.55 bits per heavy atom. The number of sulfonamides is 1. The van der Waals surface area contributed by atoms with Crippen LogP contribution in [0.25, 0.3) is 0 Å². The standard InChI is InChI=1S/C11H8F2N2O2S3/c12-6-1-2-7(13)8(5-6)15-20(16,17)10-4-3-9(19-10)11(14)18/h1-5,15H,(H2,14,18). The Bertz CT molecular complexity index is 772. The molecule has 0 unspecified atom stereocenters. The highest BCUT2D eigenvalue weighted by Gasteiger charge is 2.19. The summed E-state index contributed by atoms with van der Waals surface area (Å²) in [5, 5.41) is 0. The predicted octanol–water partition coefficient (Wildman–Crippen LogP) is 2.46. The molecule has 0 fully saturated rings. The minimum Gasteiger partial charge on any atom is -0.389 e. The number of rotatable bonds is 4. The molecule has 0 aliphatic carbocycles. The zero-order valence-electron chi connectivity index (χ0n) is 9.76. The lowest BCUT2D eigenvalue weighted by Gasteiger charge is -2.07. The summed E-state index contributed by atoms with van der Waals surface area (Å²) in [4.78, 5) is 0.480. The molecule has 0 bridgehead atoms. The van der Waals surface area contributed by atoms with Gasteiger partial charge in [-0.3, -0.25) is 4.72 Å². The van der Waals surface area contributed by atoms with Gasteiger partial charge in [0, 0.05) is 6.07 Å². The second-order valence-corrected chi connectivity index (χ2v) is 7.15. The Balaban J connectivity index is 2.35. The van der Waals surface area contributed by atoms with Crippen LogP contribution < -0.4 is 10.5 Å². The average Bonchev–Trinajstić information content (AvgIpc) is 2.84. The Morgan fingerprint density at radius 1 is 1.25 bits per heavy atom. The van der Waals surface area contributed by atoms with Crippen molar-refractivity contribution in [1.29, 1.82) is 0 Å². The molecule has 0 aliphatic heterocycles. The van der Waals surface area contributed by atoms with Gasteiger partial charge in [0.15, 0.2) is 0 Å². The second kappa shape index (κ2) is 5.43. The summed E-state index contributed by atoms with van der Waals surface area (Å²) < 4.78 is 52.4. The van der Waals surface area contributed by atoms with Gasteiger partial charge < -0.3 is 5.73 Å². The smallest absolute Gasteiger partial charge is 0.271 e. The Hall–Kier alpha value is -1.58. The molecule has 4 nitrogen and oxygen atoms in total. The van der Waals surface area contributed by atoms with E-state index in [0.29, 0.717) is 4.88 Å². The lowest BCUT2D eigenvalue weighted by molar-refractivity contribution is 0.595. The van der Waals surface area contributed by atoms with Crippen LogP contribution in [-0.2, 0) is 10.0 Å². The highest BCUT2D eigenvalue weighted by molar-refractivity contribution is 7.94. The van der Waals surface area contributed by atoms with E-state index in [0.717, 1.165) is 29.5 Å². The van der Waals surface area contributed by atoms with Gasteiger partial charge in [0.2, 0.25) is 0 Å². The van der Waals surface area contributed by atoms with Crippen molar-refractivity contribution in [2.45, 2.75) is 4.21 Å². The van der Waals surface area contributed by atoms with Gasteiger partial charge in [-0.1, -0.05) is 12.2 Å². The Morgan fingerprint density at radius 2 is 1.95 bits per heavy atom. The van der Waals surface area contributed by atoms with Crippen LogP contribution in [0, 0.1) is 11.6 Å². The number of thiophene rings is 1. The molecule has 1 aromatic heterocycles. The molecule has 3 N–H and O–H groups in total. The Labute approximate surface area is 123 Å². The van der Waals surface area contributed by atoms with Crippen LogP contribution in [0.3, 0.4) is 0 Å². The summed E-state index contributed by atoms with van der Waals surface area (Å²) in [6, 6.07) is 5.22. The van der Waals surface area contributed by atoms with E-state index in [-0.39, 0.29) is 9.20 Å². The highest BCUT2D eigenvalue weighted by Crippen LogP contribution is 2.25. The number of nitrogens with two attached hydrogens (primary N) is 1. The third-order valence-corrected chi connectivity index (χ3v) is 5.59. The molecule has 0 atom stereocenters. The molecular formula is C11H8F2N2O2S3. The first-order chi connectivity index (χ1) is 9.29. The molecule has 0 radical (unpaired) electrons. The van der Waals surface area contributed by atoms with Gasteiger partial charge in [0.05, 0.1) is 10.6 Å². The van der Waals surface area contributed by atoms with Gasteiger partial charge in [-0.25, -0.2) is 17.2 Å². The van der Waals surface area contributed by atoms with E-state index in [1.54, 1.807) is 0 Å². The molecular weight excluding hydrogens is 326 g/mol. The lowest BCUT2D eigenvalue weighted by atomic mass is 10.3. The number of benzene rings is 1. The van der Waals surface area contributed by atoms with Gasteiger partial charge in [-0.2, -0.15) is 0 Å². The van der Waals surface area contributed by atoms with Crippen LogP contribution in [0.4, 0.5) is 14.5 Å². The SMILES string of the molecule is NC(=S)c1ccc(S(=O)(=O)Nc2cc(F)ccc2F)s1. The van der Waals surface area contributed by atoms with Gasteiger partial charge in [0.1, 0.15) is 20.8 Å². The summed E-state index contributed by atoms with van der Waals surface area (Å²) in [6.07, 6.45) is 0. The molecule has 9 heteroatoms. The predicted molar refractivity (Wildman–Crippen MR) is 77.4 cm³/mol. The maximum absolute atomic E-state index is 13.4. The summed E-state index contributed by atoms with van der Waals surface area (Å²) in [6.45, 7) is 0. The van der Waals surface area contributed by atoms with Crippen molar-refractivity contribution in [1.82, 2.24) is 0 Å². The minimum absolute atomic E-state index is 0.0633. The van der Waals surface area contributed by atoms with Gasteiger partial charge in [-0.05, 0) is 24.3 Å². The summed E-state index contributed by atoms with van der Waals surface area (Å²) >= 11 is 5.57. The van der Waals surface area contributed by atoms with Crippen LogP contribution in [0.5, 0.6) is 0 Å². The van der Waals surface area contributed by atoms with Crippen molar-refractivity contribution in [3.8, 4) is 0 Å². The first-order valence-electron chi connectivity index (χ1n) is 5.17. The molecule has 20 heavy (non-hydrogen) atoms. The van der Waals surface area contributed by atoms with Crippen LogP contribution in [0.2, 0.25) is 0 Å². The van der Waals surface area contributed by atoms with Gasteiger partial charge in [0.25, 0.3) is 10.0 Å². The van der Waals surface area contributed by atoms with E-state index in [1.165, 1.54) is 12.1 Å². The fourth-order valence-electron chi connectivity index (χ4n) is 1.37. The van der Waals surface area contributed by atoms with Crippen LogP contribution >= 0.6 is 23.6 Å². The topological polar surface area (TPSA) is 72.2 Å². The zero-order chi connectivity index (χ0) is 14.9. The first-order valence-corrected chi connectivity index (χ1v) is 7.88. The maximum Gasteiger partial charge on any atom is 0.271 e. The number of nitrogens with one attached hydrogen (secondary N) is 1. The van der Waals surface area contributed by atoms with E-state index >= 15 is 0 Å². The van der Waals surface area contributed by atoms with E-state index in [4.69, 9.17) is 18.0 Å². The fourth-order valence-corrected chi connectivity index (χ4v) is 3.78. The number of anilines is 1. The fraction of sp³-hybridized carbons (Fsp3) is 0. The molecule has 1 aromatic carbocycles. The quantitative estimate of drug-likeness (QED) is 0.843. The van der Waals surface area contributed by atoms with Crippen molar-refractivity contribution in [3.63, 3.8) is 0 Å². The molecule has 2 aromatic rings. The highest BCUT2D eigenvalue weighted by atomic mass is 32.2. The van der Waals surface area contributed by atoms with Crippen molar-refractivity contribution in [3.05, 3.63) is 46.8 Å². The summed E-state index contributed by atoms with van der Waals surface area (Å²) in [5.74, 6) is -1.62. The number of hydrogen-bond donors (Lipinski definition) is 2. The monoisotopic (exact) mass is 334 g/mol. The van der Waals surface area contributed by atoms with Gasteiger partial charge in [-0.15, -0.1) is 11.3 Å². The number of thiocarbonyl (C=S) groups is 1. The molecule has 2 rings (SSSR count). The van der Waals surface area contributed by atoms with Crippen LogP contribution in [-0.4, -0.2) is 13.4 Å². The molecule has 1 heterocycles. The Kier molecular flexibility index (Phi) is 4.02. The van der Waals surface area contributed by atoms with Crippen molar-refractivity contribution in [2.24, 2.45) is 5.73 Å². The third-order valence-electron chi connectivity index (χ3n) is 2.26. The largest absolute Gasteiger partial charge is 0.389 e. The van der Waals surface area contributed by atoms with Gasteiger partial charge >= 0.3 is 0 Å². The third kappa shape index (κ3) is 3.11. The lowest BCUT2D eigenvalue weighted by Crippen LogP contribution is -2.13. The molecule has 0 amide bonds. The molecule has 0 spiro atoms. The van der Waals surface area contributed by atoms with E-state index in [1.807, 2.05) is 4.72 Å². The zero-order valence-corrected chi connectivity index (χ0v) is 12.2. The van der Waals surface area contributed by atoms with E-state index in [2.05, 4.69) is 0 Å². The average molecular weight is 334 g/mol. The molecule has 0 saturated heterocycles. The molecule has 0 aliphatic rings. The van der Waals surface area contributed by atoms with Crippen molar-refractivity contribution in [2.75, 3.05) is 4.72 Å². The number of halogens is 2. The minimum atomic E-state index is -4.02.